The molecule has 19 heavy (non-hydrogen) atoms. The van der Waals surface area contributed by atoms with Gasteiger partial charge in [-0.25, -0.2) is 4.98 Å². The van der Waals surface area contributed by atoms with Gasteiger partial charge in [-0.1, -0.05) is 6.07 Å². The highest BCUT2D eigenvalue weighted by atomic mass is 16.2. The van der Waals surface area contributed by atoms with Gasteiger partial charge in [-0.15, -0.1) is 0 Å². The minimum atomic E-state index is 0.0831. The van der Waals surface area contributed by atoms with E-state index in [0.29, 0.717) is 13.1 Å². The maximum absolute atomic E-state index is 11.7. The standard InChI is InChI=1S/C14H20N4O/c1-10-16-12-7-11(5-6-13(12)18(10)4)9-17(3)14(19)8-15-2/h5-7,15H,8-9H2,1-4H3. The Labute approximate surface area is 113 Å². The number of nitrogens with one attached hydrogen (secondary N) is 1. The van der Waals surface area contributed by atoms with Crippen LogP contribution in [0.15, 0.2) is 18.2 Å². The molecular formula is C14H20N4O. The number of carbonyl (C=O) groups is 1. The molecule has 102 valence electrons. The summed E-state index contributed by atoms with van der Waals surface area (Å²) in [6.45, 7) is 2.95. The van der Waals surface area contributed by atoms with Crippen LogP contribution in [-0.4, -0.2) is 41.0 Å². The Morgan fingerprint density at radius 3 is 2.89 bits per heavy atom. The van der Waals surface area contributed by atoms with E-state index in [9.17, 15) is 4.79 Å². The average Bonchev–Trinajstić information content (AvgIpc) is 2.65. The molecule has 0 unspecified atom stereocenters. The highest BCUT2D eigenvalue weighted by Crippen LogP contribution is 2.17. The molecule has 0 aliphatic carbocycles. The lowest BCUT2D eigenvalue weighted by Crippen LogP contribution is -2.33. The van der Waals surface area contributed by atoms with Gasteiger partial charge < -0.3 is 14.8 Å². The fraction of sp³-hybridized carbons (Fsp3) is 0.429. The molecule has 5 nitrogen and oxygen atoms in total. The summed E-state index contributed by atoms with van der Waals surface area (Å²) in [6.07, 6.45) is 0. The number of benzene rings is 1. The third-order valence-corrected chi connectivity index (χ3v) is 3.34. The van der Waals surface area contributed by atoms with E-state index in [2.05, 4.69) is 20.9 Å². The first-order chi connectivity index (χ1) is 9.02. The number of amides is 1. The molecule has 0 aliphatic heterocycles. The summed E-state index contributed by atoms with van der Waals surface area (Å²) in [6, 6.07) is 6.15. The van der Waals surface area contributed by atoms with Crippen molar-refractivity contribution in [1.82, 2.24) is 19.8 Å². The van der Waals surface area contributed by atoms with Gasteiger partial charge in [-0.2, -0.15) is 0 Å². The summed E-state index contributed by atoms with van der Waals surface area (Å²) in [5.41, 5.74) is 3.19. The molecule has 1 aromatic heterocycles. The summed E-state index contributed by atoms with van der Waals surface area (Å²) < 4.78 is 2.06. The smallest absolute Gasteiger partial charge is 0.236 e. The highest BCUT2D eigenvalue weighted by molar-refractivity contribution is 5.79. The van der Waals surface area contributed by atoms with Crippen molar-refractivity contribution < 1.29 is 4.79 Å². The first kappa shape index (κ1) is 13.5. The largest absolute Gasteiger partial charge is 0.340 e. The van der Waals surface area contributed by atoms with Crippen LogP contribution in [0, 0.1) is 6.92 Å². The Kier molecular flexibility index (Phi) is 3.85. The van der Waals surface area contributed by atoms with Gasteiger partial charge in [0.25, 0.3) is 0 Å². The van der Waals surface area contributed by atoms with E-state index in [1.165, 1.54) is 0 Å². The quantitative estimate of drug-likeness (QED) is 0.894. The van der Waals surface area contributed by atoms with Crippen molar-refractivity contribution in [2.24, 2.45) is 7.05 Å². The van der Waals surface area contributed by atoms with Crippen molar-refractivity contribution in [2.75, 3.05) is 20.6 Å². The van der Waals surface area contributed by atoms with Crippen molar-refractivity contribution in [1.29, 1.82) is 0 Å². The summed E-state index contributed by atoms with van der Waals surface area (Å²) in [5.74, 6) is 1.08. The maximum Gasteiger partial charge on any atom is 0.236 e. The topological polar surface area (TPSA) is 50.2 Å². The third-order valence-electron chi connectivity index (χ3n) is 3.34. The molecule has 1 N–H and O–H groups in total. The molecule has 0 fully saturated rings. The van der Waals surface area contributed by atoms with Crippen LogP contribution in [0.5, 0.6) is 0 Å². The number of carbonyl (C=O) groups excluding carboxylic acids is 1. The summed E-state index contributed by atoms with van der Waals surface area (Å²) in [4.78, 5) is 17.9. The van der Waals surface area contributed by atoms with Gasteiger partial charge in [0.1, 0.15) is 5.82 Å². The van der Waals surface area contributed by atoms with Gasteiger partial charge in [0, 0.05) is 20.6 Å². The van der Waals surface area contributed by atoms with Crippen LogP contribution in [0.25, 0.3) is 11.0 Å². The third kappa shape index (κ3) is 2.76. The van der Waals surface area contributed by atoms with E-state index in [0.717, 1.165) is 22.4 Å². The predicted octanol–water partition coefficient (Wildman–Crippen LogP) is 1.06. The molecule has 1 aromatic carbocycles. The van der Waals surface area contributed by atoms with Gasteiger partial charge in [0.05, 0.1) is 17.6 Å². The maximum atomic E-state index is 11.7. The van der Waals surface area contributed by atoms with Gasteiger partial charge in [-0.3, -0.25) is 4.79 Å². The number of fused-ring (bicyclic) bond motifs is 1. The summed E-state index contributed by atoms with van der Waals surface area (Å²) >= 11 is 0. The van der Waals surface area contributed by atoms with Crippen LogP contribution < -0.4 is 5.32 Å². The molecule has 0 spiro atoms. The van der Waals surface area contributed by atoms with E-state index in [-0.39, 0.29) is 5.91 Å². The molecule has 0 radical (unpaired) electrons. The fourth-order valence-electron chi connectivity index (χ4n) is 2.11. The number of hydrogen-bond donors (Lipinski definition) is 1. The van der Waals surface area contributed by atoms with Gasteiger partial charge in [-0.05, 0) is 31.7 Å². The Morgan fingerprint density at radius 1 is 1.47 bits per heavy atom. The number of likely N-dealkylation sites (N-methyl/N-ethyl adjacent to an activating group) is 2. The van der Waals surface area contributed by atoms with Crippen molar-refractivity contribution in [3.8, 4) is 0 Å². The Morgan fingerprint density at radius 2 is 2.21 bits per heavy atom. The van der Waals surface area contributed by atoms with Crippen LogP contribution in [0.2, 0.25) is 0 Å². The molecule has 2 rings (SSSR count). The normalized spacial score (nSPS) is 10.9. The fourth-order valence-corrected chi connectivity index (χ4v) is 2.11. The number of imidazole rings is 1. The van der Waals surface area contributed by atoms with E-state index in [1.54, 1.807) is 11.9 Å². The Balaban J connectivity index is 2.20. The lowest BCUT2D eigenvalue weighted by atomic mass is 10.2. The monoisotopic (exact) mass is 260 g/mol. The second-order valence-electron chi connectivity index (χ2n) is 4.82. The first-order valence-electron chi connectivity index (χ1n) is 6.33. The molecule has 0 bridgehead atoms. The Bertz CT molecular complexity index is 603. The van der Waals surface area contributed by atoms with E-state index >= 15 is 0 Å². The van der Waals surface area contributed by atoms with Crippen molar-refractivity contribution in [2.45, 2.75) is 13.5 Å². The zero-order chi connectivity index (χ0) is 14.0. The molecule has 0 aliphatic rings. The number of hydrogen-bond acceptors (Lipinski definition) is 3. The number of aryl methyl sites for hydroxylation is 2. The Hall–Kier alpha value is -1.88. The number of nitrogens with zero attached hydrogens (tertiary/aromatic N) is 3. The van der Waals surface area contributed by atoms with Crippen LogP contribution in [0.4, 0.5) is 0 Å². The molecule has 2 aromatic rings. The second kappa shape index (κ2) is 5.40. The van der Waals surface area contributed by atoms with Crippen molar-refractivity contribution in [3.05, 3.63) is 29.6 Å². The SMILES string of the molecule is CNCC(=O)N(C)Cc1ccc2c(c1)nc(C)n2C. The highest BCUT2D eigenvalue weighted by Gasteiger charge is 2.10. The van der Waals surface area contributed by atoms with E-state index in [4.69, 9.17) is 0 Å². The predicted molar refractivity (Wildman–Crippen MR) is 75.9 cm³/mol. The first-order valence-corrected chi connectivity index (χ1v) is 6.33. The zero-order valence-electron chi connectivity index (χ0n) is 11.9. The van der Waals surface area contributed by atoms with Crippen LogP contribution >= 0.6 is 0 Å². The second-order valence-corrected chi connectivity index (χ2v) is 4.82. The van der Waals surface area contributed by atoms with Gasteiger partial charge >= 0.3 is 0 Å². The summed E-state index contributed by atoms with van der Waals surface area (Å²) in [7, 11) is 5.59. The average molecular weight is 260 g/mol. The molecule has 0 saturated carbocycles. The van der Waals surface area contributed by atoms with Crippen molar-refractivity contribution in [3.63, 3.8) is 0 Å². The molecule has 5 heteroatoms. The minimum absolute atomic E-state index is 0.0831. The molecular weight excluding hydrogens is 240 g/mol. The van der Waals surface area contributed by atoms with Gasteiger partial charge in [0.15, 0.2) is 0 Å². The molecule has 1 heterocycles. The van der Waals surface area contributed by atoms with Crippen molar-refractivity contribution >= 4 is 16.9 Å². The summed E-state index contributed by atoms with van der Waals surface area (Å²) in [5, 5.41) is 2.87. The lowest BCUT2D eigenvalue weighted by molar-refractivity contribution is -0.129. The van der Waals surface area contributed by atoms with Crippen LogP contribution in [-0.2, 0) is 18.4 Å². The van der Waals surface area contributed by atoms with E-state index < -0.39 is 0 Å². The molecule has 1 amide bonds. The number of rotatable bonds is 4. The lowest BCUT2D eigenvalue weighted by Gasteiger charge is -2.17. The zero-order valence-corrected chi connectivity index (χ0v) is 11.9. The molecule has 0 saturated heterocycles. The van der Waals surface area contributed by atoms with Crippen LogP contribution in [0.3, 0.4) is 0 Å². The molecule has 0 atom stereocenters. The van der Waals surface area contributed by atoms with E-state index in [1.807, 2.05) is 33.2 Å². The van der Waals surface area contributed by atoms with Gasteiger partial charge in [0.2, 0.25) is 5.91 Å². The van der Waals surface area contributed by atoms with Crippen LogP contribution in [0.1, 0.15) is 11.4 Å². The number of aromatic nitrogens is 2. The minimum Gasteiger partial charge on any atom is -0.340 e.